The number of carbonyl (C=O) groups is 1. The highest BCUT2D eigenvalue weighted by atomic mass is 79.9. The van der Waals surface area contributed by atoms with Crippen LogP contribution in [-0.4, -0.2) is 18.5 Å². The minimum atomic E-state index is 0.0606. The van der Waals surface area contributed by atoms with Gasteiger partial charge in [0.25, 0.3) is 0 Å². The van der Waals surface area contributed by atoms with E-state index in [-0.39, 0.29) is 11.9 Å². The van der Waals surface area contributed by atoms with E-state index in [0.29, 0.717) is 18.9 Å². The normalized spacial score (nSPS) is 16.6. The van der Waals surface area contributed by atoms with Crippen LogP contribution in [0, 0.1) is 5.92 Å². The molecule has 1 aromatic rings. The number of nitrogens with two attached hydrogens (primary N) is 1. The van der Waals surface area contributed by atoms with Crippen molar-refractivity contribution in [1.29, 1.82) is 0 Å². The molecule has 0 aromatic heterocycles. The van der Waals surface area contributed by atoms with E-state index in [4.69, 9.17) is 5.73 Å². The third-order valence-electron chi connectivity index (χ3n) is 3.05. The molecule has 1 unspecified atom stereocenters. The zero-order valence-electron chi connectivity index (χ0n) is 9.66. The molecule has 3 nitrogen and oxygen atoms in total. The maximum absolute atomic E-state index is 11.8. The van der Waals surface area contributed by atoms with Crippen molar-refractivity contribution >= 4 is 21.8 Å². The molecule has 92 valence electrons. The number of benzene rings is 1. The van der Waals surface area contributed by atoms with Crippen LogP contribution in [0.5, 0.6) is 0 Å². The lowest BCUT2D eigenvalue weighted by atomic mass is 10.1. The fourth-order valence-corrected chi connectivity index (χ4v) is 2.40. The smallest absolute Gasteiger partial charge is 0.224 e. The number of carbonyl (C=O) groups excluding carboxylic acids is 1. The summed E-state index contributed by atoms with van der Waals surface area (Å²) in [7, 11) is 0. The van der Waals surface area contributed by atoms with E-state index in [9.17, 15) is 4.79 Å². The third kappa shape index (κ3) is 3.82. The van der Waals surface area contributed by atoms with E-state index in [1.165, 1.54) is 12.8 Å². The summed E-state index contributed by atoms with van der Waals surface area (Å²) in [5.74, 6) is 0.664. The van der Waals surface area contributed by atoms with E-state index in [1.54, 1.807) is 0 Å². The molecule has 1 atom stereocenters. The monoisotopic (exact) mass is 296 g/mol. The molecule has 0 bridgehead atoms. The van der Waals surface area contributed by atoms with Crippen LogP contribution in [0.4, 0.5) is 0 Å². The molecule has 1 aliphatic carbocycles. The Morgan fingerprint density at radius 3 is 2.88 bits per heavy atom. The van der Waals surface area contributed by atoms with Gasteiger partial charge in [0.05, 0.1) is 6.42 Å². The van der Waals surface area contributed by atoms with Crippen molar-refractivity contribution in [3.8, 4) is 0 Å². The van der Waals surface area contributed by atoms with Gasteiger partial charge in [-0.25, -0.2) is 0 Å². The van der Waals surface area contributed by atoms with E-state index in [2.05, 4.69) is 21.2 Å². The molecule has 0 heterocycles. The molecule has 0 saturated heterocycles. The zero-order valence-corrected chi connectivity index (χ0v) is 11.2. The molecule has 1 saturated carbocycles. The topological polar surface area (TPSA) is 55.1 Å². The molecule has 2 rings (SSSR count). The van der Waals surface area contributed by atoms with Gasteiger partial charge in [-0.1, -0.05) is 28.1 Å². The number of halogens is 1. The second-order valence-electron chi connectivity index (χ2n) is 4.55. The molecular formula is C13H17BrN2O. The summed E-state index contributed by atoms with van der Waals surface area (Å²) in [6.45, 7) is 0.537. The molecule has 0 spiro atoms. The average molecular weight is 297 g/mol. The maximum atomic E-state index is 11.8. The minimum absolute atomic E-state index is 0.0606. The van der Waals surface area contributed by atoms with Crippen LogP contribution in [0.3, 0.4) is 0 Å². The SMILES string of the molecule is NCC(NC(=O)Cc1cccc(Br)c1)C1CC1. The van der Waals surface area contributed by atoms with Gasteiger partial charge >= 0.3 is 0 Å². The number of amides is 1. The van der Waals surface area contributed by atoms with Crippen molar-refractivity contribution in [2.45, 2.75) is 25.3 Å². The molecule has 1 aliphatic rings. The predicted octanol–water partition coefficient (Wildman–Crippen LogP) is 1.85. The summed E-state index contributed by atoms with van der Waals surface area (Å²) >= 11 is 3.40. The van der Waals surface area contributed by atoms with Crippen LogP contribution < -0.4 is 11.1 Å². The number of nitrogens with one attached hydrogen (secondary N) is 1. The van der Waals surface area contributed by atoms with Crippen LogP contribution in [0.2, 0.25) is 0 Å². The Morgan fingerprint density at radius 1 is 1.53 bits per heavy atom. The van der Waals surface area contributed by atoms with Crippen LogP contribution in [0.25, 0.3) is 0 Å². The first kappa shape index (κ1) is 12.6. The fourth-order valence-electron chi connectivity index (χ4n) is 1.96. The Labute approximate surface area is 110 Å². The Hall–Kier alpha value is -0.870. The Morgan fingerprint density at radius 2 is 2.29 bits per heavy atom. The van der Waals surface area contributed by atoms with Crippen molar-refractivity contribution in [3.63, 3.8) is 0 Å². The summed E-state index contributed by atoms with van der Waals surface area (Å²) in [6.07, 6.45) is 2.81. The van der Waals surface area contributed by atoms with Crippen molar-refractivity contribution in [1.82, 2.24) is 5.32 Å². The number of hydrogen-bond donors (Lipinski definition) is 2. The molecular weight excluding hydrogens is 280 g/mol. The van der Waals surface area contributed by atoms with Gasteiger partial charge in [0.1, 0.15) is 0 Å². The van der Waals surface area contributed by atoms with E-state index in [0.717, 1.165) is 10.0 Å². The second-order valence-corrected chi connectivity index (χ2v) is 5.47. The highest BCUT2D eigenvalue weighted by Crippen LogP contribution is 2.32. The minimum Gasteiger partial charge on any atom is -0.352 e. The molecule has 1 amide bonds. The van der Waals surface area contributed by atoms with Crippen LogP contribution >= 0.6 is 15.9 Å². The summed E-state index contributed by atoms with van der Waals surface area (Å²) in [5, 5.41) is 3.02. The molecule has 17 heavy (non-hydrogen) atoms. The van der Waals surface area contributed by atoms with E-state index >= 15 is 0 Å². The standard InChI is InChI=1S/C13H17BrN2O/c14-11-3-1-2-9(6-11)7-13(17)16-12(8-15)10-4-5-10/h1-3,6,10,12H,4-5,7-8,15H2,(H,16,17). The molecule has 3 N–H and O–H groups in total. The van der Waals surface area contributed by atoms with Crippen LogP contribution in [0.15, 0.2) is 28.7 Å². The van der Waals surface area contributed by atoms with Gasteiger partial charge in [-0.2, -0.15) is 0 Å². The van der Waals surface area contributed by atoms with Gasteiger partial charge in [-0.15, -0.1) is 0 Å². The highest BCUT2D eigenvalue weighted by molar-refractivity contribution is 9.10. The molecule has 4 heteroatoms. The van der Waals surface area contributed by atoms with Gasteiger partial charge in [0.15, 0.2) is 0 Å². The second kappa shape index (κ2) is 5.65. The highest BCUT2D eigenvalue weighted by Gasteiger charge is 2.31. The average Bonchev–Trinajstić information content (AvgIpc) is 3.09. The molecule has 0 aliphatic heterocycles. The van der Waals surface area contributed by atoms with Crippen molar-refractivity contribution in [2.24, 2.45) is 11.7 Å². The Balaban J connectivity index is 1.88. The zero-order chi connectivity index (χ0) is 12.3. The van der Waals surface area contributed by atoms with Gasteiger partial charge in [-0.3, -0.25) is 4.79 Å². The lowest BCUT2D eigenvalue weighted by Gasteiger charge is -2.15. The first-order chi connectivity index (χ1) is 8.19. The summed E-state index contributed by atoms with van der Waals surface area (Å²) in [5.41, 5.74) is 6.67. The Bertz CT molecular complexity index is 404. The fraction of sp³-hybridized carbons (Fsp3) is 0.462. The van der Waals surface area contributed by atoms with Gasteiger partial charge in [-0.05, 0) is 36.5 Å². The lowest BCUT2D eigenvalue weighted by Crippen LogP contribution is -2.42. The van der Waals surface area contributed by atoms with Crippen molar-refractivity contribution < 1.29 is 4.79 Å². The maximum Gasteiger partial charge on any atom is 0.224 e. The van der Waals surface area contributed by atoms with Crippen LogP contribution in [0.1, 0.15) is 18.4 Å². The Kier molecular flexibility index (Phi) is 4.18. The van der Waals surface area contributed by atoms with E-state index in [1.807, 2.05) is 24.3 Å². The summed E-state index contributed by atoms with van der Waals surface area (Å²) in [4.78, 5) is 11.8. The summed E-state index contributed by atoms with van der Waals surface area (Å²) < 4.78 is 1.00. The summed E-state index contributed by atoms with van der Waals surface area (Å²) in [6, 6.07) is 7.98. The van der Waals surface area contributed by atoms with E-state index < -0.39 is 0 Å². The molecule has 1 aromatic carbocycles. The van der Waals surface area contributed by atoms with Gasteiger partial charge < -0.3 is 11.1 Å². The molecule has 1 fully saturated rings. The first-order valence-electron chi connectivity index (χ1n) is 5.93. The van der Waals surface area contributed by atoms with Crippen LogP contribution in [-0.2, 0) is 11.2 Å². The third-order valence-corrected chi connectivity index (χ3v) is 3.54. The predicted molar refractivity (Wildman–Crippen MR) is 71.6 cm³/mol. The first-order valence-corrected chi connectivity index (χ1v) is 6.72. The number of hydrogen-bond acceptors (Lipinski definition) is 2. The van der Waals surface area contributed by atoms with Crippen molar-refractivity contribution in [3.05, 3.63) is 34.3 Å². The van der Waals surface area contributed by atoms with Crippen molar-refractivity contribution in [2.75, 3.05) is 6.54 Å². The largest absolute Gasteiger partial charge is 0.352 e. The molecule has 0 radical (unpaired) electrons. The lowest BCUT2D eigenvalue weighted by molar-refractivity contribution is -0.121. The van der Waals surface area contributed by atoms with Gasteiger partial charge in [0, 0.05) is 17.1 Å². The quantitative estimate of drug-likeness (QED) is 0.871. The number of rotatable bonds is 5. The van der Waals surface area contributed by atoms with Gasteiger partial charge in [0.2, 0.25) is 5.91 Å².